The van der Waals surface area contributed by atoms with Gasteiger partial charge in [-0.1, -0.05) is 0 Å². The Morgan fingerprint density at radius 2 is 2.28 bits per heavy atom. The van der Waals surface area contributed by atoms with Gasteiger partial charge < -0.3 is 5.32 Å². The predicted molar refractivity (Wildman–Crippen MR) is 69.0 cm³/mol. The highest BCUT2D eigenvalue weighted by atomic mass is 32.2. The third-order valence-corrected chi connectivity index (χ3v) is 4.72. The van der Waals surface area contributed by atoms with Crippen LogP contribution in [-0.2, 0) is 9.84 Å². The SMILES string of the molecule is Cc1cc(C#N)cc(NC2CCCS(=O)(=O)C2)n1. The van der Waals surface area contributed by atoms with E-state index in [1.807, 2.05) is 6.92 Å². The van der Waals surface area contributed by atoms with Gasteiger partial charge >= 0.3 is 0 Å². The van der Waals surface area contributed by atoms with Gasteiger partial charge in [0, 0.05) is 11.7 Å². The summed E-state index contributed by atoms with van der Waals surface area (Å²) in [6, 6.07) is 5.30. The lowest BCUT2D eigenvalue weighted by Crippen LogP contribution is -2.35. The predicted octanol–water partition coefficient (Wildman–Crippen LogP) is 1.25. The van der Waals surface area contributed by atoms with Gasteiger partial charge in [0.1, 0.15) is 5.82 Å². The van der Waals surface area contributed by atoms with E-state index in [2.05, 4.69) is 16.4 Å². The van der Waals surface area contributed by atoms with Crippen molar-refractivity contribution in [3.8, 4) is 6.07 Å². The van der Waals surface area contributed by atoms with Crippen LogP contribution in [0.1, 0.15) is 24.1 Å². The van der Waals surface area contributed by atoms with E-state index < -0.39 is 9.84 Å². The molecule has 1 fully saturated rings. The van der Waals surface area contributed by atoms with E-state index in [1.54, 1.807) is 12.1 Å². The molecule has 2 rings (SSSR count). The fourth-order valence-corrected chi connectivity index (χ4v) is 3.79. The van der Waals surface area contributed by atoms with E-state index in [9.17, 15) is 8.42 Å². The van der Waals surface area contributed by atoms with Crippen LogP contribution >= 0.6 is 0 Å². The molecule has 0 amide bonds. The summed E-state index contributed by atoms with van der Waals surface area (Å²) in [5.41, 5.74) is 1.28. The van der Waals surface area contributed by atoms with Crippen molar-refractivity contribution in [2.24, 2.45) is 0 Å². The van der Waals surface area contributed by atoms with Crippen LogP contribution in [-0.4, -0.2) is 30.9 Å². The van der Waals surface area contributed by atoms with Gasteiger partial charge in [0.05, 0.1) is 23.1 Å². The fraction of sp³-hybridized carbons (Fsp3) is 0.500. The summed E-state index contributed by atoms with van der Waals surface area (Å²) in [6.45, 7) is 1.81. The van der Waals surface area contributed by atoms with Crippen molar-refractivity contribution >= 4 is 15.7 Å². The molecular weight excluding hydrogens is 250 g/mol. The number of hydrogen-bond acceptors (Lipinski definition) is 5. The Labute approximate surface area is 107 Å². The smallest absolute Gasteiger partial charge is 0.152 e. The number of aromatic nitrogens is 1. The molecule has 1 aromatic heterocycles. The summed E-state index contributed by atoms with van der Waals surface area (Å²) in [5.74, 6) is 0.994. The molecule has 1 unspecified atom stereocenters. The molecule has 0 spiro atoms. The summed E-state index contributed by atoms with van der Waals surface area (Å²) < 4.78 is 23.1. The van der Waals surface area contributed by atoms with E-state index in [0.29, 0.717) is 17.8 Å². The van der Waals surface area contributed by atoms with Crippen LogP contribution < -0.4 is 5.32 Å². The van der Waals surface area contributed by atoms with Crippen molar-refractivity contribution in [1.29, 1.82) is 5.26 Å². The number of nitrogens with one attached hydrogen (secondary N) is 1. The molecule has 1 N–H and O–H groups in total. The molecule has 1 aromatic rings. The van der Waals surface area contributed by atoms with Gasteiger partial charge in [0.2, 0.25) is 0 Å². The standard InChI is InChI=1S/C12H15N3O2S/c1-9-5-10(7-13)6-12(14-9)15-11-3-2-4-18(16,17)8-11/h5-6,11H,2-4,8H2,1H3,(H,14,15). The van der Waals surface area contributed by atoms with Gasteiger partial charge in [-0.2, -0.15) is 5.26 Å². The normalized spacial score (nSPS) is 22.1. The second-order valence-corrected chi connectivity index (χ2v) is 6.82. The number of sulfone groups is 1. The van der Waals surface area contributed by atoms with Crippen molar-refractivity contribution in [2.75, 3.05) is 16.8 Å². The molecule has 6 heteroatoms. The second kappa shape index (κ2) is 4.94. The van der Waals surface area contributed by atoms with Gasteiger partial charge in [-0.15, -0.1) is 0 Å². The Morgan fingerprint density at radius 3 is 2.94 bits per heavy atom. The zero-order valence-corrected chi connectivity index (χ0v) is 11.0. The first-order valence-corrected chi connectivity index (χ1v) is 7.66. The van der Waals surface area contributed by atoms with Crippen molar-refractivity contribution in [3.63, 3.8) is 0 Å². The Kier molecular flexibility index (Phi) is 3.53. The first-order chi connectivity index (χ1) is 8.48. The summed E-state index contributed by atoms with van der Waals surface area (Å²) >= 11 is 0. The summed E-state index contributed by atoms with van der Waals surface area (Å²) in [5, 5.41) is 12.0. The van der Waals surface area contributed by atoms with Crippen molar-refractivity contribution in [1.82, 2.24) is 4.98 Å². The van der Waals surface area contributed by atoms with Crippen LogP contribution in [0.3, 0.4) is 0 Å². The minimum absolute atomic E-state index is 0.107. The maximum atomic E-state index is 11.5. The monoisotopic (exact) mass is 265 g/mol. The maximum absolute atomic E-state index is 11.5. The van der Waals surface area contributed by atoms with E-state index in [-0.39, 0.29) is 17.5 Å². The van der Waals surface area contributed by atoms with Crippen LogP contribution in [0, 0.1) is 18.3 Å². The average Bonchev–Trinajstić information content (AvgIpc) is 2.26. The van der Waals surface area contributed by atoms with Gasteiger partial charge in [-0.25, -0.2) is 13.4 Å². The number of aryl methyl sites for hydroxylation is 1. The second-order valence-electron chi connectivity index (χ2n) is 4.59. The Hall–Kier alpha value is -1.61. The highest BCUT2D eigenvalue weighted by Gasteiger charge is 2.24. The number of nitrogens with zero attached hydrogens (tertiary/aromatic N) is 2. The third-order valence-electron chi connectivity index (χ3n) is 2.90. The lowest BCUT2D eigenvalue weighted by molar-refractivity contribution is 0.561. The van der Waals surface area contributed by atoms with E-state index in [1.165, 1.54) is 0 Å². The van der Waals surface area contributed by atoms with E-state index >= 15 is 0 Å². The Bertz CT molecular complexity index is 590. The molecule has 1 atom stereocenters. The zero-order valence-electron chi connectivity index (χ0n) is 10.2. The quantitative estimate of drug-likeness (QED) is 0.870. The molecule has 0 bridgehead atoms. The summed E-state index contributed by atoms with van der Waals surface area (Å²) in [4.78, 5) is 4.27. The number of nitriles is 1. The molecule has 0 aromatic carbocycles. The molecule has 96 valence electrons. The number of hydrogen-bond donors (Lipinski definition) is 1. The molecule has 0 radical (unpaired) electrons. The molecule has 1 aliphatic rings. The van der Waals surface area contributed by atoms with Gasteiger partial charge in [0.15, 0.2) is 9.84 Å². The summed E-state index contributed by atoms with van der Waals surface area (Å²) in [6.07, 6.45) is 1.49. The van der Waals surface area contributed by atoms with Gasteiger partial charge in [0.25, 0.3) is 0 Å². The van der Waals surface area contributed by atoms with Gasteiger partial charge in [-0.3, -0.25) is 0 Å². The highest BCUT2D eigenvalue weighted by Crippen LogP contribution is 2.17. The van der Waals surface area contributed by atoms with Crippen LogP contribution in [0.25, 0.3) is 0 Å². The van der Waals surface area contributed by atoms with E-state index in [4.69, 9.17) is 5.26 Å². The van der Waals surface area contributed by atoms with Gasteiger partial charge in [-0.05, 0) is 31.9 Å². The Morgan fingerprint density at radius 1 is 1.50 bits per heavy atom. The minimum Gasteiger partial charge on any atom is -0.366 e. The molecule has 18 heavy (non-hydrogen) atoms. The molecule has 0 saturated carbocycles. The number of pyridine rings is 1. The lowest BCUT2D eigenvalue weighted by Gasteiger charge is -2.23. The molecule has 1 saturated heterocycles. The van der Waals surface area contributed by atoms with Crippen molar-refractivity contribution in [2.45, 2.75) is 25.8 Å². The molecule has 2 heterocycles. The average molecular weight is 265 g/mol. The van der Waals surface area contributed by atoms with Crippen LogP contribution in [0.2, 0.25) is 0 Å². The molecule has 1 aliphatic heterocycles. The lowest BCUT2D eigenvalue weighted by atomic mass is 10.2. The first-order valence-electron chi connectivity index (χ1n) is 5.84. The third kappa shape index (κ3) is 3.20. The maximum Gasteiger partial charge on any atom is 0.152 e. The number of anilines is 1. The molecular formula is C12H15N3O2S. The number of rotatable bonds is 2. The largest absolute Gasteiger partial charge is 0.366 e. The van der Waals surface area contributed by atoms with E-state index in [0.717, 1.165) is 12.1 Å². The van der Waals surface area contributed by atoms with Crippen LogP contribution in [0.15, 0.2) is 12.1 Å². The van der Waals surface area contributed by atoms with Crippen molar-refractivity contribution in [3.05, 3.63) is 23.4 Å². The highest BCUT2D eigenvalue weighted by molar-refractivity contribution is 7.91. The van der Waals surface area contributed by atoms with Crippen LogP contribution in [0.4, 0.5) is 5.82 Å². The Balaban J connectivity index is 2.14. The fourth-order valence-electron chi connectivity index (χ4n) is 2.15. The van der Waals surface area contributed by atoms with Crippen molar-refractivity contribution < 1.29 is 8.42 Å². The molecule has 0 aliphatic carbocycles. The molecule has 5 nitrogen and oxygen atoms in total. The zero-order chi connectivity index (χ0) is 13.2. The topological polar surface area (TPSA) is 82.9 Å². The first kappa shape index (κ1) is 12.8. The summed E-state index contributed by atoms with van der Waals surface area (Å²) in [7, 11) is -2.93. The van der Waals surface area contributed by atoms with Crippen LogP contribution in [0.5, 0.6) is 0 Å². The minimum atomic E-state index is -2.93.